The van der Waals surface area contributed by atoms with Crippen LogP contribution in [0.5, 0.6) is 11.5 Å². The van der Waals surface area contributed by atoms with Gasteiger partial charge in [-0.15, -0.1) is 0 Å². The van der Waals surface area contributed by atoms with Gasteiger partial charge in [-0.1, -0.05) is 11.6 Å². The molecule has 0 spiro atoms. The van der Waals surface area contributed by atoms with Crippen molar-refractivity contribution >= 4 is 29.1 Å². The van der Waals surface area contributed by atoms with Gasteiger partial charge in [0.25, 0.3) is 11.7 Å². The molecule has 186 valence electrons. The molecule has 0 aromatic heterocycles. The van der Waals surface area contributed by atoms with E-state index in [0.29, 0.717) is 53.8 Å². The molecule has 0 unspecified atom stereocenters. The Kier molecular flexibility index (Phi) is 7.95. The van der Waals surface area contributed by atoms with Crippen LogP contribution < -0.4 is 9.47 Å². The molecule has 1 amide bonds. The highest BCUT2D eigenvalue weighted by atomic mass is 35.5. The van der Waals surface area contributed by atoms with Gasteiger partial charge in [-0.2, -0.15) is 0 Å². The number of Topliss-reactive ketones (excluding diaryl/α,β-unsaturated/α-hetero) is 1. The molecule has 0 radical (unpaired) electrons. The minimum Gasteiger partial charge on any atom is -0.507 e. The Labute approximate surface area is 209 Å². The molecule has 1 atom stereocenters. The van der Waals surface area contributed by atoms with Crippen LogP contribution in [0.4, 0.5) is 0 Å². The van der Waals surface area contributed by atoms with Gasteiger partial charge in [0.05, 0.1) is 39.0 Å². The topological polar surface area (TPSA) is 88.5 Å². The second-order valence-corrected chi connectivity index (χ2v) is 8.85. The van der Waals surface area contributed by atoms with Crippen molar-refractivity contribution in [1.29, 1.82) is 0 Å². The second kappa shape index (κ2) is 11.1. The van der Waals surface area contributed by atoms with E-state index >= 15 is 0 Å². The lowest BCUT2D eigenvalue weighted by Crippen LogP contribution is -2.39. The van der Waals surface area contributed by atoms with E-state index in [2.05, 4.69) is 4.90 Å². The molecule has 4 rings (SSSR count). The monoisotopic (exact) mass is 500 g/mol. The van der Waals surface area contributed by atoms with Gasteiger partial charge in [-0.05, 0) is 42.8 Å². The Bertz CT molecular complexity index is 1110. The van der Waals surface area contributed by atoms with Crippen LogP contribution in [0.15, 0.2) is 48.0 Å². The maximum Gasteiger partial charge on any atom is 0.295 e. The molecule has 8 nitrogen and oxygen atoms in total. The number of carbonyl (C=O) groups excluding carboxylic acids is 2. The van der Waals surface area contributed by atoms with E-state index in [1.165, 1.54) is 12.0 Å². The van der Waals surface area contributed by atoms with Gasteiger partial charge in [0.2, 0.25) is 0 Å². The van der Waals surface area contributed by atoms with Crippen molar-refractivity contribution in [2.24, 2.45) is 0 Å². The fourth-order valence-electron chi connectivity index (χ4n) is 4.53. The third kappa shape index (κ3) is 5.29. The molecule has 2 saturated heterocycles. The SMILES string of the molecule is COc1ccc([C@H]2C(=C(O)c3ccc(Cl)cc3)C(=O)C(=O)N2CCCN2CCOCC2)c(OC)c1. The Morgan fingerprint density at radius 2 is 1.77 bits per heavy atom. The number of aliphatic hydroxyl groups is 1. The lowest BCUT2D eigenvalue weighted by Gasteiger charge is -2.29. The van der Waals surface area contributed by atoms with Crippen molar-refractivity contribution in [2.75, 3.05) is 53.6 Å². The van der Waals surface area contributed by atoms with Crippen molar-refractivity contribution in [3.05, 3.63) is 64.2 Å². The molecule has 35 heavy (non-hydrogen) atoms. The number of halogens is 1. The summed E-state index contributed by atoms with van der Waals surface area (Å²) >= 11 is 6.00. The van der Waals surface area contributed by atoms with E-state index in [-0.39, 0.29) is 11.3 Å². The number of carbonyl (C=O) groups is 2. The first-order valence-corrected chi connectivity index (χ1v) is 11.9. The number of likely N-dealkylation sites (tertiary alicyclic amines) is 1. The van der Waals surface area contributed by atoms with E-state index in [9.17, 15) is 14.7 Å². The van der Waals surface area contributed by atoms with Crippen LogP contribution in [0.1, 0.15) is 23.6 Å². The quantitative estimate of drug-likeness (QED) is 0.337. The number of benzene rings is 2. The predicted molar refractivity (Wildman–Crippen MR) is 132 cm³/mol. The zero-order valence-corrected chi connectivity index (χ0v) is 20.6. The van der Waals surface area contributed by atoms with Crippen molar-refractivity contribution < 1.29 is 28.9 Å². The largest absolute Gasteiger partial charge is 0.507 e. The van der Waals surface area contributed by atoms with Crippen molar-refractivity contribution in [1.82, 2.24) is 9.80 Å². The standard InChI is InChI=1S/C26H29ClN2O6/c1-33-19-8-9-20(21(16-19)34-2)23-22(24(30)17-4-6-18(27)7-5-17)25(31)26(32)29(23)11-3-10-28-12-14-35-15-13-28/h4-9,16,23,30H,3,10-15H2,1-2H3/t23-/m0/s1. The highest BCUT2D eigenvalue weighted by molar-refractivity contribution is 6.46. The molecule has 0 aliphatic carbocycles. The highest BCUT2D eigenvalue weighted by Crippen LogP contribution is 2.43. The van der Waals surface area contributed by atoms with Gasteiger partial charge in [0.1, 0.15) is 17.3 Å². The number of ether oxygens (including phenoxy) is 3. The number of methoxy groups -OCH3 is 2. The summed E-state index contributed by atoms with van der Waals surface area (Å²) in [5.41, 5.74) is 1.01. The highest BCUT2D eigenvalue weighted by Gasteiger charge is 2.46. The first kappa shape index (κ1) is 25.0. The third-order valence-electron chi connectivity index (χ3n) is 6.37. The molecule has 9 heteroatoms. The van der Waals surface area contributed by atoms with Crippen molar-refractivity contribution in [3.63, 3.8) is 0 Å². The molecular formula is C26H29ClN2O6. The van der Waals surface area contributed by atoms with Crippen LogP contribution in [-0.4, -0.2) is 80.2 Å². The number of morpholine rings is 1. The van der Waals surface area contributed by atoms with E-state index in [4.69, 9.17) is 25.8 Å². The molecular weight excluding hydrogens is 472 g/mol. The smallest absolute Gasteiger partial charge is 0.295 e. The van der Waals surface area contributed by atoms with Crippen molar-refractivity contribution in [2.45, 2.75) is 12.5 Å². The minimum absolute atomic E-state index is 0.0205. The van der Waals surface area contributed by atoms with Gasteiger partial charge in [-0.3, -0.25) is 14.5 Å². The zero-order valence-electron chi connectivity index (χ0n) is 19.8. The number of ketones is 1. The molecule has 2 fully saturated rings. The number of nitrogens with zero attached hydrogens (tertiary/aromatic N) is 2. The Hall–Kier alpha value is -3.07. The van der Waals surface area contributed by atoms with Crippen LogP contribution in [0.3, 0.4) is 0 Å². The number of aliphatic hydroxyl groups excluding tert-OH is 1. The van der Waals surface area contributed by atoms with Gasteiger partial charge in [-0.25, -0.2) is 0 Å². The first-order chi connectivity index (χ1) is 16.9. The third-order valence-corrected chi connectivity index (χ3v) is 6.62. The van der Waals surface area contributed by atoms with E-state index in [0.717, 1.165) is 19.6 Å². The maximum atomic E-state index is 13.2. The van der Waals surface area contributed by atoms with Crippen LogP contribution >= 0.6 is 11.6 Å². The fraction of sp³-hybridized carbons (Fsp3) is 0.385. The summed E-state index contributed by atoms with van der Waals surface area (Å²) in [4.78, 5) is 30.2. The Morgan fingerprint density at radius 1 is 1.06 bits per heavy atom. The number of rotatable bonds is 8. The molecule has 2 heterocycles. The summed E-state index contributed by atoms with van der Waals surface area (Å²) in [5, 5.41) is 11.7. The summed E-state index contributed by atoms with van der Waals surface area (Å²) in [5.74, 6) is -0.598. The molecule has 0 saturated carbocycles. The number of amides is 1. The Morgan fingerprint density at radius 3 is 2.43 bits per heavy atom. The second-order valence-electron chi connectivity index (χ2n) is 8.41. The average molecular weight is 501 g/mol. The fourth-order valence-corrected chi connectivity index (χ4v) is 4.66. The summed E-state index contributed by atoms with van der Waals surface area (Å²) in [6, 6.07) is 10.9. The molecule has 0 bridgehead atoms. The van der Waals surface area contributed by atoms with Crippen LogP contribution in [-0.2, 0) is 14.3 Å². The van der Waals surface area contributed by atoms with E-state index < -0.39 is 17.7 Å². The van der Waals surface area contributed by atoms with Crippen LogP contribution in [0.25, 0.3) is 5.76 Å². The van der Waals surface area contributed by atoms with E-state index in [1.807, 2.05) is 0 Å². The van der Waals surface area contributed by atoms with Crippen LogP contribution in [0, 0.1) is 0 Å². The minimum atomic E-state index is -0.809. The van der Waals surface area contributed by atoms with E-state index in [1.54, 1.807) is 49.6 Å². The lowest BCUT2D eigenvalue weighted by atomic mass is 9.94. The van der Waals surface area contributed by atoms with Crippen LogP contribution in [0.2, 0.25) is 5.02 Å². The Balaban J connectivity index is 1.73. The first-order valence-electron chi connectivity index (χ1n) is 11.5. The molecule has 2 aromatic rings. The van der Waals surface area contributed by atoms with Gasteiger partial charge < -0.3 is 24.2 Å². The average Bonchev–Trinajstić information content (AvgIpc) is 3.13. The summed E-state index contributed by atoms with van der Waals surface area (Å²) in [6.45, 7) is 4.18. The molecule has 2 aliphatic rings. The lowest BCUT2D eigenvalue weighted by molar-refractivity contribution is -0.140. The molecule has 2 aliphatic heterocycles. The molecule has 1 N–H and O–H groups in total. The molecule has 2 aromatic carbocycles. The summed E-state index contributed by atoms with van der Waals surface area (Å²) < 4.78 is 16.3. The van der Waals surface area contributed by atoms with Gasteiger partial charge in [0.15, 0.2) is 0 Å². The maximum absolute atomic E-state index is 13.2. The predicted octanol–water partition coefficient (Wildman–Crippen LogP) is 3.50. The number of hydrogen-bond acceptors (Lipinski definition) is 7. The number of hydrogen-bond donors (Lipinski definition) is 1. The van der Waals surface area contributed by atoms with Gasteiger partial charge >= 0.3 is 0 Å². The van der Waals surface area contributed by atoms with Gasteiger partial charge in [0, 0.05) is 48.4 Å². The zero-order chi connectivity index (χ0) is 24.9. The summed E-state index contributed by atoms with van der Waals surface area (Å²) in [6.07, 6.45) is 0.670. The summed E-state index contributed by atoms with van der Waals surface area (Å²) in [7, 11) is 3.06. The van der Waals surface area contributed by atoms with Crippen molar-refractivity contribution in [3.8, 4) is 11.5 Å². The normalized spacial score (nSPS) is 20.3.